The van der Waals surface area contributed by atoms with Crippen LogP contribution in [0.3, 0.4) is 0 Å². The summed E-state index contributed by atoms with van der Waals surface area (Å²) in [5.41, 5.74) is 1.67. The van der Waals surface area contributed by atoms with Crippen molar-refractivity contribution in [2.45, 2.75) is 45.1 Å². The van der Waals surface area contributed by atoms with Crippen LogP contribution in [0.2, 0.25) is 0 Å². The summed E-state index contributed by atoms with van der Waals surface area (Å²) in [6.45, 7) is 2.11. The molecule has 3 heterocycles. The Hall–Kier alpha value is -1.93. The molecular weight excluding hydrogens is 390 g/mol. The molecule has 0 N–H and O–H groups in total. The number of methoxy groups -OCH3 is 1. The van der Waals surface area contributed by atoms with Gasteiger partial charge in [-0.2, -0.15) is 0 Å². The van der Waals surface area contributed by atoms with E-state index in [1.165, 1.54) is 22.7 Å². The molecule has 0 bridgehead atoms. The standard InChI is InChI=1S/C21H29N3O4S/c1-22-13-17(25)24(10-11-28-2)21-18(20(22)27)15-8-9-23(12-16(15)29-21)19(26)14-6-4-3-5-7-14/h14H,3-13H2,1-2H3. The van der Waals surface area contributed by atoms with Crippen LogP contribution in [0.25, 0.3) is 0 Å². The number of carbonyl (C=O) groups is 3. The zero-order valence-electron chi connectivity index (χ0n) is 17.2. The Morgan fingerprint density at radius 3 is 2.66 bits per heavy atom. The van der Waals surface area contributed by atoms with Crippen LogP contribution in [-0.4, -0.2) is 67.9 Å². The SMILES string of the molecule is COCCN1C(=O)CN(C)C(=O)c2c1sc1c2CCN(C(=O)C2CCCCC2)C1. The largest absolute Gasteiger partial charge is 0.383 e. The van der Waals surface area contributed by atoms with Crippen LogP contribution in [-0.2, 0) is 27.3 Å². The van der Waals surface area contributed by atoms with E-state index in [4.69, 9.17) is 4.74 Å². The fraction of sp³-hybridized carbons (Fsp3) is 0.667. The van der Waals surface area contributed by atoms with Crippen LogP contribution in [0.5, 0.6) is 0 Å². The summed E-state index contributed by atoms with van der Waals surface area (Å²) in [7, 11) is 3.28. The van der Waals surface area contributed by atoms with Gasteiger partial charge in [-0.1, -0.05) is 19.3 Å². The van der Waals surface area contributed by atoms with Crippen molar-refractivity contribution in [1.82, 2.24) is 9.80 Å². The molecule has 0 saturated heterocycles. The molecule has 1 aliphatic carbocycles. The van der Waals surface area contributed by atoms with Crippen molar-refractivity contribution in [3.05, 3.63) is 16.0 Å². The maximum atomic E-state index is 13.0. The molecule has 2 aliphatic heterocycles. The van der Waals surface area contributed by atoms with Gasteiger partial charge < -0.3 is 14.5 Å². The van der Waals surface area contributed by atoms with Crippen molar-refractivity contribution in [3.63, 3.8) is 0 Å². The van der Waals surface area contributed by atoms with E-state index in [1.807, 2.05) is 4.90 Å². The van der Waals surface area contributed by atoms with Crippen LogP contribution in [0, 0.1) is 5.92 Å². The molecule has 1 aromatic rings. The molecule has 0 atom stereocenters. The summed E-state index contributed by atoms with van der Waals surface area (Å²) in [6, 6.07) is 0. The number of thiophene rings is 1. The molecule has 0 unspecified atom stereocenters. The predicted molar refractivity (Wildman–Crippen MR) is 111 cm³/mol. The second kappa shape index (κ2) is 8.44. The molecule has 1 saturated carbocycles. The van der Waals surface area contributed by atoms with Gasteiger partial charge >= 0.3 is 0 Å². The predicted octanol–water partition coefficient (Wildman–Crippen LogP) is 2.28. The summed E-state index contributed by atoms with van der Waals surface area (Å²) in [6.07, 6.45) is 6.16. The Morgan fingerprint density at radius 1 is 1.17 bits per heavy atom. The number of rotatable bonds is 4. The van der Waals surface area contributed by atoms with Gasteiger partial charge in [0.05, 0.1) is 25.3 Å². The van der Waals surface area contributed by atoms with E-state index in [-0.39, 0.29) is 30.2 Å². The van der Waals surface area contributed by atoms with Gasteiger partial charge in [0.1, 0.15) is 11.5 Å². The van der Waals surface area contributed by atoms with Crippen LogP contribution >= 0.6 is 11.3 Å². The van der Waals surface area contributed by atoms with E-state index in [0.717, 1.165) is 41.1 Å². The van der Waals surface area contributed by atoms with Crippen molar-refractivity contribution in [1.29, 1.82) is 0 Å². The fourth-order valence-electron chi connectivity index (χ4n) is 4.67. The fourth-order valence-corrected chi connectivity index (χ4v) is 6.07. The lowest BCUT2D eigenvalue weighted by molar-refractivity contribution is -0.137. The summed E-state index contributed by atoms with van der Waals surface area (Å²) in [4.78, 5) is 45.0. The minimum Gasteiger partial charge on any atom is -0.383 e. The second-order valence-electron chi connectivity index (χ2n) is 8.23. The first-order valence-electron chi connectivity index (χ1n) is 10.5. The number of likely N-dealkylation sites (N-methyl/N-ethyl adjacent to an activating group) is 1. The number of carbonyl (C=O) groups excluding carboxylic acids is 3. The zero-order valence-corrected chi connectivity index (χ0v) is 18.1. The van der Waals surface area contributed by atoms with E-state index >= 15 is 0 Å². The topological polar surface area (TPSA) is 70.2 Å². The molecule has 7 nitrogen and oxygen atoms in total. The van der Waals surface area contributed by atoms with Gasteiger partial charge in [0, 0.05) is 31.5 Å². The van der Waals surface area contributed by atoms with Crippen LogP contribution in [0.15, 0.2) is 0 Å². The quantitative estimate of drug-likeness (QED) is 0.751. The van der Waals surface area contributed by atoms with Crippen LogP contribution < -0.4 is 4.90 Å². The monoisotopic (exact) mass is 419 g/mol. The van der Waals surface area contributed by atoms with Gasteiger partial charge in [-0.05, 0) is 24.8 Å². The van der Waals surface area contributed by atoms with Gasteiger partial charge in [0.15, 0.2) is 0 Å². The van der Waals surface area contributed by atoms with Crippen LogP contribution in [0.1, 0.15) is 52.9 Å². The zero-order chi connectivity index (χ0) is 20.5. The minimum atomic E-state index is -0.0992. The third-order valence-electron chi connectivity index (χ3n) is 6.30. The Kier molecular flexibility index (Phi) is 5.92. The molecule has 1 fully saturated rings. The summed E-state index contributed by atoms with van der Waals surface area (Å²) in [5.74, 6) is 0.216. The van der Waals surface area contributed by atoms with Crippen molar-refractivity contribution in [3.8, 4) is 0 Å². The Labute approximate surface area is 175 Å². The summed E-state index contributed by atoms with van der Waals surface area (Å²) in [5, 5.41) is 0.721. The average Bonchev–Trinajstić information content (AvgIpc) is 3.08. The number of fused-ring (bicyclic) bond motifs is 3. The first kappa shape index (κ1) is 20.3. The van der Waals surface area contributed by atoms with Gasteiger partial charge in [0.25, 0.3) is 5.91 Å². The molecule has 0 aromatic carbocycles. The second-order valence-corrected chi connectivity index (χ2v) is 9.31. The highest BCUT2D eigenvalue weighted by molar-refractivity contribution is 7.17. The average molecular weight is 420 g/mol. The number of hydrogen-bond donors (Lipinski definition) is 0. The smallest absolute Gasteiger partial charge is 0.257 e. The van der Waals surface area contributed by atoms with E-state index in [0.29, 0.717) is 38.2 Å². The minimum absolute atomic E-state index is 0.0744. The van der Waals surface area contributed by atoms with Crippen molar-refractivity contribution < 1.29 is 19.1 Å². The molecular formula is C21H29N3O4S. The highest BCUT2D eigenvalue weighted by Gasteiger charge is 2.38. The molecule has 3 amide bonds. The maximum absolute atomic E-state index is 13.0. The Balaban J connectivity index is 1.63. The maximum Gasteiger partial charge on any atom is 0.257 e. The normalized spacial score (nSPS) is 20.6. The van der Waals surface area contributed by atoms with E-state index in [9.17, 15) is 14.4 Å². The highest BCUT2D eigenvalue weighted by atomic mass is 32.1. The molecule has 0 spiro atoms. The molecule has 0 radical (unpaired) electrons. The number of anilines is 1. The van der Waals surface area contributed by atoms with Crippen molar-refractivity contribution in [2.24, 2.45) is 5.92 Å². The third-order valence-corrected chi connectivity index (χ3v) is 7.54. The van der Waals surface area contributed by atoms with Gasteiger partial charge in [0.2, 0.25) is 11.8 Å². The van der Waals surface area contributed by atoms with Crippen LogP contribution in [0.4, 0.5) is 5.00 Å². The van der Waals surface area contributed by atoms with Gasteiger partial charge in [-0.25, -0.2) is 0 Å². The van der Waals surface area contributed by atoms with E-state index in [2.05, 4.69) is 0 Å². The highest BCUT2D eigenvalue weighted by Crippen LogP contribution is 2.41. The lowest BCUT2D eigenvalue weighted by Gasteiger charge is -2.32. The molecule has 4 rings (SSSR count). The molecule has 3 aliphatic rings. The van der Waals surface area contributed by atoms with E-state index in [1.54, 1.807) is 19.1 Å². The van der Waals surface area contributed by atoms with Gasteiger partial charge in [-0.3, -0.25) is 19.3 Å². The Morgan fingerprint density at radius 2 is 1.93 bits per heavy atom. The molecule has 8 heteroatoms. The summed E-state index contributed by atoms with van der Waals surface area (Å²) < 4.78 is 5.18. The first-order valence-corrected chi connectivity index (χ1v) is 11.3. The molecule has 1 aromatic heterocycles. The van der Waals surface area contributed by atoms with E-state index < -0.39 is 0 Å². The molecule has 29 heavy (non-hydrogen) atoms. The third kappa shape index (κ3) is 3.80. The van der Waals surface area contributed by atoms with Gasteiger partial charge in [-0.15, -0.1) is 11.3 Å². The van der Waals surface area contributed by atoms with Crippen molar-refractivity contribution >= 4 is 34.1 Å². The number of ether oxygens (including phenoxy) is 1. The number of nitrogens with zero attached hydrogens (tertiary/aromatic N) is 3. The Bertz CT molecular complexity index is 815. The lowest BCUT2D eigenvalue weighted by Crippen LogP contribution is -2.40. The number of amides is 3. The van der Waals surface area contributed by atoms with Crippen molar-refractivity contribution in [2.75, 3.05) is 45.3 Å². The molecule has 158 valence electrons. The first-order chi connectivity index (χ1) is 14.0. The lowest BCUT2D eigenvalue weighted by atomic mass is 9.87. The number of hydrogen-bond acceptors (Lipinski definition) is 5. The summed E-state index contributed by atoms with van der Waals surface area (Å²) >= 11 is 1.50.